The van der Waals surface area contributed by atoms with Crippen LogP contribution in [0.15, 0.2) is 88.9 Å². The van der Waals surface area contributed by atoms with E-state index in [4.69, 9.17) is 10.9 Å². The van der Waals surface area contributed by atoms with E-state index < -0.39 is 28.2 Å². The van der Waals surface area contributed by atoms with Crippen molar-refractivity contribution in [3.63, 3.8) is 0 Å². The van der Waals surface area contributed by atoms with Gasteiger partial charge in [0.15, 0.2) is 5.84 Å². The number of phenolic OH excluding ortho intramolecular Hbond substituents is 1. The number of hydrogen-bond acceptors (Lipinski definition) is 7. The Morgan fingerprint density at radius 3 is 2.41 bits per heavy atom. The monoisotopic (exact) mass is 581 g/mol. The van der Waals surface area contributed by atoms with Crippen molar-refractivity contribution in [1.82, 2.24) is 14.3 Å². The Kier molecular flexibility index (Phi) is 9.48. The van der Waals surface area contributed by atoms with Crippen molar-refractivity contribution in [1.29, 1.82) is 0 Å². The molecule has 41 heavy (non-hydrogen) atoms. The van der Waals surface area contributed by atoms with Crippen molar-refractivity contribution in [2.24, 2.45) is 10.9 Å². The first-order valence-electron chi connectivity index (χ1n) is 13.3. The van der Waals surface area contributed by atoms with Gasteiger partial charge >= 0.3 is 6.03 Å². The molecule has 4 rings (SSSR count). The number of amides is 2. The number of nitrogens with zero attached hydrogens (tertiary/aromatic N) is 4. The molecule has 1 fully saturated rings. The zero-order valence-corrected chi connectivity index (χ0v) is 23.6. The summed E-state index contributed by atoms with van der Waals surface area (Å²) in [6, 6.07) is 20.0. The molecule has 1 aliphatic rings. The Bertz CT molecular complexity index is 1480. The fourth-order valence-electron chi connectivity index (χ4n) is 4.85. The quantitative estimate of drug-likeness (QED) is 0.124. The van der Waals surface area contributed by atoms with Crippen LogP contribution in [0, 0.1) is 0 Å². The van der Waals surface area contributed by atoms with E-state index in [1.807, 2.05) is 37.3 Å². The molecular weight excluding hydrogens is 546 g/mol. The van der Waals surface area contributed by atoms with E-state index in [1.54, 1.807) is 24.3 Å². The summed E-state index contributed by atoms with van der Waals surface area (Å²) in [5.74, 6) is -0.329. The lowest BCUT2D eigenvalue weighted by atomic mass is 9.99. The second-order valence-electron chi connectivity index (χ2n) is 9.90. The summed E-state index contributed by atoms with van der Waals surface area (Å²) < 4.78 is 28.7. The number of oxime groups is 1. The predicted octanol–water partition coefficient (Wildman–Crippen LogP) is 3.10. The Hall–Kier alpha value is -4.13. The van der Waals surface area contributed by atoms with Crippen LogP contribution in [0.1, 0.15) is 36.5 Å². The Labute approximate surface area is 239 Å². The molecule has 1 aliphatic heterocycles. The zero-order valence-electron chi connectivity index (χ0n) is 22.7. The molecule has 3 aromatic rings. The fraction of sp³-hybridized carbons (Fsp3) is 0.310. The lowest BCUT2D eigenvalue weighted by molar-refractivity contribution is 0.0578. The minimum Gasteiger partial charge on any atom is -0.508 e. The molecule has 0 aromatic heterocycles. The highest BCUT2D eigenvalue weighted by Crippen LogP contribution is 2.29. The first-order chi connectivity index (χ1) is 19.6. The molecule has 3 aromatic carbocycles. The Balaban J connectivity index is 1.81. The van der Waals surface area contributed by atoms with Gasteiger partial charge in [-0.25, -0.2) is 18.2 Å². The van der Waals surface area contributed by atoms with Crippen molar-refractivity contribution in [3.8, 4) is 5.75 Å². The van der Waals surface area contributed by atoms with Crippen LogP contribution in [0.25, 0.3) is 0 Å². The molecule has 11 nitrogen and oxygen atoms in total. The average molecular weight is 582 g/mol. The number of benzene rings is 3. The van der Waals surface area contributed by atoms with Gasteiger partial charge in [-0.15, -0.1) is 4.41 Å². The van der Waals surface area contributed by atoms with Gasteiger partial charge in [-0.2, -0.15) is 0 Å². The summed E-state index contributed by atoms with van der Waals surface area (Å²) in [6.07, 6.45) is 0.228. The van der Waals surface area contributed by atoms with Crippen LogP contribution in [-0.2, 0) is 23.0 Å². The highest BCUT2D eigenvalue weighted by atomic mass is 32.2. The van der Waals surface area contributed by atoms with Crippen LogP contribution in [0.4, 0.5) is 4.79 Å². The van der Waals surface area contributed by atoms with E-state index >= 15 is 0 Å². The van der Waals surface area contributed by atoms with Gasteiger partial charge in [0.2, 0.25) is 0 Å². The average Bonchev–Trinajstić information content (AvgIpc) is 3.07. The van der Waals surface area contributed by atoms with Crippen LogP contribution in [0.2, 0.25) is 0 Å². The Morgan fingerprint density at radius 1 is 1.02 bits per heavy atom. The van der Waals surface area contributed by atoms with Crippen LogP contribution in [0.5, 0.6) is 5.75 Å². The molecule has 0 saturated carbocycles. The standard InChI is InChI=1S/C29H35N5O6S/c1-2-3-15-33-29(37)32(19-22-11-7-12-23(16-22)28(30)31-38)26(17-21-9-5-4-6-10-21)27(36)20-34(33)41(39,40)25-14-8-13-24(35)18-25/h4-14,16,18,26-27,35-36,38H,2-3,15,17,19-20H2,1H3,(H2,30,31)/t26-,27-/m1/s1. The molecule has 12 heteroatoms. The van der Waals surface area contributed by atoms with Gasteiger partial charge in [-0.3, -0.25) is 0 Å². The SMILES string of the molecule is CCCCN1C(=O)N(Cc2cccc(/C(N)=N\O)c2)[C@H](Cc2ccccc2)[C@H](O)CN1S(=O)(=O)c1cccc(O)c1. The summed E-state index contributed by atoms with van der Waals surface area (Å²) in [4.78, 5) is 15.6. The van der Waals surface area contributed by atoms with Crippen LogP contribution in [-0.4, -0.2) is 75.3 Å². The van der Waals surface area contributed by atoms with E-state index in [-0.39, 0.29) is 42.5 Å². The number of β-amino-alcohol motifs (C(OH)–C–C–N with tert-alkyl or cyclic N) is 1. The maximum absolute atomic E-state index is 14.3. The lowest BCUT2D eigenvalue weighted by Crippen LogP contribution is -2.53. The van der Waals surface area contributed by atoms with Crippen LogP contribution in [0.3, 0.4) is 0 Å². The molecule has 0 bridgehead atoms. The zero-order chi connectivity index (χ0) is 29.6. The third-order valence-corrected chi connectivity index (χ3v) is 8.76. The maximum atomic E-state index is 14.3. The number of phenols is 1. The van der Waals surface area contributed by atoms with Crippen molar-refractivity contribution >= 4 is 21.9 Å². The molecule has 0 radical (unpaired) electrons. The molecule has 0 unspecified atom stereocenters. The number of sulfonamides is 1. The molecule has 5 N–H and O–H groups in total. The second kappa shape index (κ2) is 13.0. The van der Waals surface area contributed by atoms with Crippen LogP contribution < -0.4 is 5.73 Å². The number of carbonyl (C=O) groups excluding carboxylic acids is 1. The van der Waals surface area contributed by atoms with E-state index in [2.05, 4.69) is 5.16 Å². The minimum absolute atomic E-state index is 0.0303. The molecule has 0 aliphatic carbocycles. The summed E-state index contributed by atoms with van der Waals surface area (Å²) in [5.41, 5.74) is 7.75. The van der Waals surface area contributed by atoms with Gasteiger partial charge in [0.25, 0.3) is 10.0 Å². The number of aliphatic hydroxyl groups excluding tert-OH is 1. The van der Waals surface area contributed by atoms with Gasteiger partial charge in [0.1, 0.15) is 5.75 Å². The van der Waals surface area contributed by atoms with Crippen molar-refractivity contribution in [3.05, 3.63) is 95.6 Å². The maximum Gasteiger partial charge on any atom is 0.336 e. The number of aliphatic hydroxyl groups is 1. The third-order valence-electron chi connectivity index (χ3n) is 7.01. The van der Waals surface area contributed by atoms with Gasteiger partial charge in [0, 0.05) is 18.7 Å². The number of urea groups is 1. The number of nitrogens with two attached hydrogens (primary N) is 1. The third kappa shape index (κ3) is 6.79. The molecule has 2 atom stereocenters. The number of unbranched alkanes of at least 4 members (excludes halogenated alkanes) is 1. The van der Waals surface area contributed by atoms with Gasteiger partial charge in [-0.05, 0) is 48.2 Å². The lowest BCUT2D eigenvalue weighted by Gasteiger charge is -2.35. The predicted molar refractivity (Wildman–Crippen MR) is 153 cm³/mol. The van der Waals surface area contributed by atoms with Gasteiger partial charge in [-0.1, -0.05) is 73.1 Å². The summed E-state index contributed by atoms with van der Waals surface area (Å²) in [7, 11) is -4.34. The summed E-state index contributed by atoms with van der Waals surface area (Å²) >= 11 is 0. The molecule has 1 heterocycles. The smallest absolute Gasteiger partial charge is 0.336 e. The fourth-order valence-corrected chi connectivity index (χ4v) is 6.38. The minimum atomic E-state index is -4.34. The highest BCUT2D eigenvalue weighted by Gasteiger charge is 2.44. The summed E-state index contributed by atoms with van der Waals surface area (Å²) in [5, 5.41) is 34.9. The molecule has 1 saturated heterocycles. The number of rotatable bonds is 10. The molecule has 2 amide bonds. The summed E-state index contributed by atoms with van der Waals surface area (Å²) in [6.45, 7) is 1.69. The molecule has 0 spiro atoms. The van der Waals surface area contributed by atoms with Crippen molar-refractivity contribution < 1.29 is 28.6 Å². The van der Waals surface area contributed by atoms with E-state index in [9.17, 15) is 23.4 Å². The van der Waals surface area contributed by atoms with E-state index in [0.717, 1.165) is 16.0 Å². The largest absolute Gasteiger partial charge is 0.508 e. The number of hydrogen-bond donors (Lipinski definition) is 4. The topological polar surface area (TPSA) is 160 Å². The first-order valence-corrected chi connectivity index (χ1v) is 14.8. The molecular formula is C29H35N5O6S. The highest BCUT2D eigenvalue weighted by molar-refractivity contribution is 7.89. The number of carbonyl (C=O) groups is 1. The first kappa shape index (κ1) is 29.8. The van der Waals surface area contributed by atoms with Gasteiger partial charge < -0.3 is 26.1 Å². The van der Waals surface area contributed by atoms with Gasteiger partial charge in [0.05, 0.1) is 23.6 Å². The second-order valence-corrected chi connectivity index (χ2v) is 11.7. The number of hydrazine groups is 1. The Morgan fingerprint density at radius 2 is 1.73 bits per heavy atom. The number of amidine groups is 1. The van der Waals surface area contributed by atoms with Crippen LogP contribution >= 0.6 is 0 Å². The normalized spacial score (nSPS) is 18.9. The molecule has 218 valence electrons. The van der Waals surface area contributed by atoms with E-state index in [1.165, 1.54) is 28.1 Å². The van der Waals surface area contributed by atoms with Crippen molar-refractivity contribution in [2.75, 3.05) is 13.1 Å². The van der Waals surface area contributed by atoms with Crippen molar-refractivity contribution in [2.45, 2.75) is 49.8 Å². The van der Waals surface area contributed by atoms with E-state index in [0.29, 0.717) is 24.0 Å². The number of aromatic hydroxyl groups is 1.